The summed E-state index contributed by atoms with van der Waals surface area (Å²) >= 11 is 0. The Morgan fingerprint density at radius 3 is 2.50 bits per heavy atom. The number of hydrogen-bond donors (Lipinski definition) is 1. The highest BCUT2D eigenvalue weighted by Crippen LogP contribution is 2.48. The van der Waals surface area contributed by atoms with Crippen LogP contribution in [0.3, 0.4) is 0 Å². The average molecular weight is 329 g/mol. The van der Waals surface area contributed by atoms with Gasteiger partial charge in [-0.3, -0.25) is 9.69 Å². The molecule has 1 atom stereocenters. The van der Waals surface area contributed by atoms with E-state index < -0.39 is 11.4 Å². The minimum Gasteiger partial charge on any atom is -0.384 e. The van der Waals surface area contributed by atoms with Gasteiger partial charge in [0, 0.05) is 24.8 Å². The van der Waals surface area contributed by atoms with Crippen LogP contribution < -0.4 is 10.6 Å². The van der Waals surface area contributed by atoms with Crippen LogP contribution in [0, 0.1) is 0 Å². The second kappa shape index (κ2) is 5.21. The Labute approximate surface area is 141 Å². The second-order valence-corrected chi connectivity index (χ2v) is 7.28. The first-order valence-corrected chi connectivity index (χ1v) is 8.51. The monoisotopic (exact) mass is 329 g/mol. The van der Waals surface area contributed by atoms with E-state index in [0.717, 1.165) is 31.6 Å². The van der Waals surface area contributed by atoms with Crippen LogP contribution in [-0.2, 0) is 14.9 Å². The van der Waals surface area contributed by atoms with E-state index in [1.54, 1.807) is 16.9 Å². The molecule has 6 nitrogen and oxygen atoms in total. The summed E-state index contributed by atoms with van der Waals surface area (Å²) in [5.74, 6) is -0.399. The van der Waals surface area contributed by atoms with E-state index in [9.17, 15) is 9.59 Å². The number of hydrogen-bond acceptors (Lipinski definition) is 3. The largest absolute Gasteiger partial charge is 0.384 e. The second-order valence-electron chi connectivity index (χ2n) is 7.28. The van der Waals surface area contributed by atoms with E-state index in [2.05, 4.69) is 12.1 Å². The van der Waals surface area contributed by atoms with Crippen molar-refractivity contribution in [1.82, 2.24) is 4.90 Å². The Morgan fingerprint density at radius 1 is 1.25 bits per heavy atom. The fraction of sp³-hybridized carbons (Fsp3) is 0.556. The van der Waals surface area contributed by atoms with Crippen molar-refractivity contribution in [1.29, 1.82) is 0 Å². The van der Waals surface area contributed by atoms with Crippen molar-refractivity contribution in [2.24, 2.45) is 5.73 Å². The van der Waals surface area contributed by atoms with Gasteiger partial charge in [0.15, 0.2) is 0 Å². The first-order valence-electron chi connectivity index (χ1n) is 8.51. The van der Waals surface area contributed by atoms with E-state index in [0.29, 0.717) is 19.5 Å². The summed E-state index contributed by atoms with van der Waals surface area (Å²) < 4.78 is 5.34. The molecule has 0 unspecified atom stereocenters. The summed E-state index contributed by atoms with van der Waals surface area (Å²) in [5.41, 5.74) is 7.03. The standard InChI is InChI=1S/C18H23N3O3/c1-24-12-17(8-9-17)13-3-5-14(6-4-13)20-11-18(15(19)22)7-2-10-21(18)16(20)23/h3-6H,2,7-12H2,1H3,(H2,19,22)/t18-/m1/s1. The summed E-state index contributed by atoms with van der Waals surface area (Å²) in [5, 5.41) is 0. The van der Waals surface area contributed by atoms with Gasteiger partial charge >= 0.3 is 6.03 Å². The number of nitrogens with two attached hydrogens (primary N) is 1. The number of carbonyl (C=O) groups excluding carboxylic acids is 2. The molecule has 3 aliphatic rings. The van der Waals surface area contributed by atoms with Gasteiger partial charge in [-0.05, 0) is 43.4 Å². The van der Waals surface area contributed by atoms with Crippen LogP contribution in [-0.4, -0.2) is 49.2 Å². The molecule has 6 heteroatoms. The molecule has 3 fully saturated rings. The molecule has 1 saturated carbocycles. The normalized spacial score (nSPS) is 27.5. The molecule has 1 aromatic rings. The van der Waals surface area contributed by atoms with Gasteiger partial charge in [0.05, 0.1) is 13.2 Å². The fourth-order valence-electron chi connectivity index (χ4n) is 4.27. The molecule has 1 aliphatic carbocycles. The Kier molecular flexibility index (Phi) is 3.35. The van der Waals surface area contributed by atoms with Crippen LogP contribution >= 0.6 is 0 Å². The molecular formula is C18H23N3O3. The molecule has 3 amide bonds. The summed E-state index contributed by atoms with van der Waals surface area (Å²) in [4.78, 5) is 28.0. The maximum Gasteiger partial charge on any atom is 0.325 e. The smallest absolute Gasteiger partial charge is 0.325 e. The van der Waals surface area contributed by atoms with Crippen molar-refractivity contribution in [2.75, 3.05) is 31.7 Å². The molecule has 0 spiro atoms. The van der Waals surface area contributed by atoms with Gasteiger partial charge in [0.2, 0.25) is 5.91 Å². The predicted octanol–water partition coefficient (Wildman–Crippen LogP) is 1.62. The summed E-state index contributed by atoms with van der Waals surface area (Å²) in [6.45, 7) is 1.69. The van der Waals surface area contributed by atoms with Gasteiger partial charge in [-0.2, -0.15) is 0 Å². The van der Waals surface area contributed by atoms with E-state index in [-0.39, 0.29) is 11.4 Å². The van der Waals surface area contributed by atoms with Gasteiger partial charge < -0.3 is 15.4 Å². The zero-order valence-corrected chi connectivity index (χ0v) is 14.0. The molecule has 0 aromatic heterocycles. The van der Waals surface area contributed by atoms with Gasteiger partial charge in [-0.15, -0.1) is 0 Å². The number of urea groups is 1. The number of benzene rings is 1. The lowest BCUT2D eigenvalue weighted by atomic mass is 9.95. The first kappa shape index (κ1) is 15.4. The third-order valence-corrected chi connectivity index (χ3v) is 5.89. The van der Waals surface area contributed by atoms with Crippen molar-refractivity contribution in [3.8, 4) is 0 Å². The minimum atomic E-state index is -0.830. The molecule has 2 heterocycles. The number of amides is 3. The molecule has 2 aliphatic heterocycles. The van der Waals surface area contributed by atoms with Gasteiger partial charge in [0.1, 0.15) is 5.54 Å². The zero-order chi connectivity index (χ0) is 16.9. The maximum absolute atomic E-state index is 12.7. The van der Waals surface area contributed by atoms with Crippen LogP contribution in [0.5, 0.6) is 0 Å². The molecule has 1 aromatic carbocycles. The predicted molar refractivity (Wildman–Crippen MR) is 89.8 cm³/mol. The molecule has 0 radical (unpaired) electrons. The van der Waals surface area contributed by atoms with Gasteiger partial charge in [0.25, 0.3) is 0 Å². The van der Waals surface area contributed by atoms with Crippen LogP contribution in [0.4, 0.5) is 10.5 Å². The maximum atomic E-state index is 12.7. The number of fused-ring (bicyclic) bond motifs is 1. The number of nitrogens with zero attached hydrogens (tertiary/aromatic N) is 2. The molecule has 24 heavy (non-hydrogen) atoms. The van der Waals surface area contributed by atoms with Crippen molar-refractivity contribution in [3.05, 3.63) is 29.8 Å². The average Bonchev–Trinajstić information content (AvgIpc) is 3.13. The third kappa shape index (κ3) is 2.05. The lowest BCUT2D eigenvalue weighted by molar-refractivity contribution is -0.125. The van der Waals surface area contributed by atoms with Crippen LogP contribution in [0.25, 0.3) is 0 Å². The van der Waals surface area contributed by atoms with E-state index in [1.807, 2.05) is 12.1 Å². The highest BCUT2D eigenvalue weighted by atomic mass is 16.5. The molecular weight excluding hydrogens is 306 g/mol. The number of primary amides is 1. The highest BCUT2D eigenvalue weighted by molar-refractivity contribution is 6.02. The van der Waals surface area contributed by atoms with E-state index >= 15 is 0 Å². The Hall–Kier alpha value is -2.08. The highest BCUT2D eigenvalue weighted by Gasteiger charge is 2.56. The molecule has 2 saturated heterocycles. The van der Waals surface area contributed by atoms with Crippen LogP contribution in [0.1, 0.15) is 31.2 Å². The zero-order valence-electron chi connectivity index (χ0n) is 14.0. The summed E-state index contributed by atoms with van der Waals surface area (Å²) in [7, 11) is 1.73. The van der Waals surface area contributed by atoms with Crippen molar-refractivity contribution in [2.45, 2.75) is 36.6 Å². The van der Waals surface area contributed by atoms with Gasteiger partial charge in [-0.25, -0.2) is 4.79 Å². The number of ether oxygens (including phenoxy) is 1. The Morgan fingerprint density at radius 2 is 1.96 bits per heavy atom. The molecule has 2 N–H and O–H groups in total. The van der Waals surface area contributed by atoms with Crippen molar-refractivity contribution < 1.29 is 14.3 Å². The number of methoxy groups -OCH3 is 1. The number of rotatable bonds is 5. The minimum absolute atomic E-state index is 0.114. The first-order chi connectivity index (χ1) is 11.5. The molecule has 0 bridgehead atoms. The van der Waals surface area contributed by atoms with Crippen LogP contribution in [0.2, 0.25) is 0 Å². The van der Waals surface area contributed by atoms with Crippen molar-refractivity contribution in [3.63, 3.8) is 0 Å². The fourth-order valence-corrected chi connectivity index (χ4v) is 4.27. The summed E-state index contributed by atoms with van der Waals surface area (Å²) in [6, 6.07) is 7.99. The Balaban J connectivity index is 1.59. The number of carbonyl (C=O) groups is 2. The van der Waals surface area contributed by atoms with E-state index in [4.69, 9.17) is 10.5 Å². The Bertz CT molecular complexity index is 683. The summed E-state index contributed by atoms with van der Waals surface area (Å²) in [6.07, 6.45) is 3.77. The lowest BCUT2D eigenvalue weighted by Gasteiger charge is -2.25. The van der Waals surface area contributed by atoms with Crippen molar-refractivity contribution >= 4 is 17.6 Å². The molecule has 4 rings (SSSR count). The van der Waals surface area contributed by atoms with Crippen LogP contribution in [0.15, 0.2) is 24.3 Å². The topological polar surface area (TPSA) is 75.9 Å². The van der Waals surface area contributed by atoms with Gasteiger partial charge in [-0.1, -0.05) is 12.1 Å². The number of anilines is 1. The third-order valence-electron chi connectivity index (χ3n) is 5.89. The van der Waals surface area contributed by atoms with E-state index in [1.165, 1.54) is 5.56 Å². The lowest BCUT2D eigenvalue weighted by Crippen LogP contribution is -2.52. The molecule has 128 valence electrons. The SMILES string of the molecule is COCC1(c2ccc(N3C[C@@]4(C(N)=O)CCCN4C3=O)cc2)CC1. The quantitative estimate of drug-likeness (QED) is 0.892.